The minimum atomic E-state index is -0.824. The van der Waals surface area contributed by atoms with Crippen LogP contribution in [-0.4, -0.2) is 48.6 Å². The molecule has 0 aromatic heterocycles. The van der Waals surface area contributed by atoms with Gasteiger partial charge in [-0.2, -0.15) is 0 Å². The lowest BCUT2D eigenvalue weighted by Gasteiger charge is -2.29. The first kappa shape index (κ1) is 16.3. The Balaban J connectivity index is 1.73. The fraction of sp³-hybridized carbons (Fsp3) is 0.875. The van der Waals surface area contributed by atoms with E-state index in [-0.39, 0.29) is 11.8 Å². The number of carbonyl (C=O) groups excluding carboxylic acids is 1. The Morgan fingerprint density at radius 3 is 2.43 bits per heavy atom. The third-order valence-electron chi connectivity index (χ3n) is 5.14. The van der Waals surface area contributed by atoms with E-state index in [0.717, 1.165) is 19.5 Å². The molecule has 3 unspecified atom stereocenters. The van der Waals surface area contributed by atoms with Crippen LogP contribution in [0.4, 0.5) is 0 Å². The number of nitrogens with one attached hydrogen (secondary N) is 1. The van der Waals surface area contributed by atoms with Crippen molar-refractivity contribution in [1.82, 2.24) is 10.2 Å². The van der Waals surface area contributed by atoms with Gasteiger partial charge >= 0.3 is 5.97 Å². The van der Waals surface area contributed by atoms with Gasteiger partial charge in [0.1, 0.15) is 0 Å². The normalized spacial score (nSPS) is 31.2. The zero-order valence-electron chi connectivity index (χ0n) is 13.2. The van der Waals surface area contributed by atoms with Crippen LogP contribution in [0.3, 0.4) is 0 Å². The van der Waals surface area contributed by atoms with Gasteiger partial charge in [-0.15, -0.1) is 0 Å². The lowest BCUT2D eigenvalue weighted by Crippen LogP contribution is -2.37. The van der Waals surface area contributed by atoms with Gasteiger partial charge in [-0.05, 0) is 64.1 Å². The summed E-state index contributed by atoms with van der Waals surface area (Å²) in [5.74, 6) is -0.692. The Labute approximate surface area is 127 Å². The van der Waals surface area contributed by atoms with Crippen molar-refractivity contribution < 1.29 is 14.7 Å². The summed E-state index contributed by atoms with van der Waals surface area (Å²) in [6.07, 6.45) is 4.74. The molecule has 2 aliphatic rings. The van der Waals surface area contributed by atoms with E-state index in [1.807, 2.05) is 6.92 Å². The molecule has 1 amide bonds. The van der Waals surface area contributed by atoms with E-state index in [1.165, 1.54) is 12.8 Å². The SMILES string of the molecule is CC1CC(C(=O)O)C(C(=O)NCCC2CCN(C)CC2)C1. The molecule has 5 heteroatoms. The number of rotatable bonds is 5. The molecule has 1 saturated carbocycles. The van der Waals surface area contributed by atoms with Crippen LogP contribution in [0, 0.1) is 23.7 Å². The molecule has 0 aromatic rings. The molecule has 1 saturated heterocycles. The average Bonchev–Trinajstić information content (AvgIpc) is 2.83. The molecule has 0 aromatic carbocycles. The molecule has 120 valence electrons. The summed E-state index contributed by atoms with van der Waals surface area (Å²) in [5.41, 5.74) is 0. The molecule has 1 heterocycles. The lowest BCUT2D eigenvalue weighted by atomic mass is 9.93. The minimum Gasteiger partial charge on any atom is -0.481 e. The predicted octanol–water partition coefficient (Wildman–Crippen LogP) is 1.58. The van der Waals surface area contributed by atoms with Crippen molar-refractivity contribution in [1.29, 1.82) is 0 Å². The molecule has 0 radical (unpaired) electrons. The fourth-order valence-electron chi connectivity index (χ4n) is 3.74. The molecule has 2 N–H and O–H groups in total. The fourth-order valence-corrected chi connectivity index (χ4v) is 3.74. The number of piperidine rings is 1. The molecular formula is C16H28N2O3. The Morgan fingerprint density at radius 1 is 1.19 bits per heavy atom. The molecule has 2 fully saturated rings. The number of aliphatic carboxylic acids is 1. The highest BCUT2D eigenvalue weighted by atomic mass is 16.4. The van der Waals surface area contributed by atoms with Crippen molar-refractivity contribution in [2.75, 3.05) is 26.7 Å². The monoisotopic (exact) mass is 296 g/mol. The molecule has 21 heavy (non-hydrogen) atoms. The maximum atomic E-state index is 12.2. The number of amides is 1. The van der Waals surface area contributed by atoms with Crippen molar-refractivity contribution in [3.05, 3.63) is 0 Å². The topological polar surface area (TPSA) is 69.6 Å². The first-order valence-corrected chi connectivity index (χ1v) is 8.16. The Hall–Kier alpha value is -1.10. The Kier molecular flexibility index (Phi) is 5.62. The van der Waals surface area contributed by atoms with E-state index in [1.54, 1.807) is 0 Å². The van der Waals surface area contributed by atoms with E-state index < -0.39 is 11.9 Å². The highest BCUT2D eigenvalue weighted by Gasteiger charge is 2.41. The average molecular weight is 296 g/mol. The quantitative estimate of drug-likeness (QED) is 0.808. The summed E-state index contributed by atoms with van der Waals surface area (Å²) in [7, 11) is 2.14. The molecule has 0 bridgehead atoms. The molecule has 1 aliphatic heterocycles. The van der Waals surface area contributed by atoms with Crippen LogP contribution in [-0.2, 0) is 9.59 Å². The van der Waals surface area contributed by atoms with Crippen LogP contribution in [0.5, 0.6) is 0 Å². The number of likely N-dealkylation sites (tertiary alicyclic amines) is 1. The second-order valence-electron chi connectivity index (χ2n) is 6.95. The van der Waals surface area contributed by atoms with Gasteiger partial charge < -0.3 is 15.3 Å². The molecule has 0 spiro atoms. The minimum absolute atomic E-state index is 0.0559. The zero-order valence-corrected chi connectivity index (χ0v) is 13.2. The highest BCUT2D eigenvalue weighted by Crippen LogP contribution is 2.36. The van der Waals surface area contributed by atoms with Crippen LogP contribution >= 0.6 is 0 Å². The first-order chi connectivity index (χ1) is 9.97. The second kappa shape index (κ2) is 7.25. The summed E-state index contributed by atoms with van der Waals surface area (Å²) in [6, 6.07) is 0. The van der Waals surface area contributed by atoms with Crippen LogP contribution in [0.1, 0.15) is 39.0 Å². The van der Waals surface area contributed by atoms with Crippen LogP contribution < -0.4 is 5.32 Å². The zero-order chi connectivity index (χ0) is 15.4. The maximum Gasteiger partial charge on any atom is 0.307 e. The number of hydrogen-bond acceptors (Lipinski definition) is 3. The number of hydrogen-bond donors (Lipinski definition) is 2. The van der Waals surface area contributed by atoms with E-state index in [2.05, 4.69) is 17.3 Å². The largest absolute Gasteiger partial charge is 0.481 e. The molecule has 3 atom stereocenters. The van der Waals surface area contributed by atoms with Crippen molar-refractivity contribution in [2.45, 2.75) is 39.0 Å². The standard InChI is InChI=1S/C16H28N2O3/c1-11-9-13(14(10-11)16(20)21)15(19)17-6-3-12-4-7-18(2)8-5-12/h11-14H,3-10H2,1-2H3,(H,17,19)(H,20,21). The van der Waals surface area contributed by atoms with Crippen LogP contribution in [0.2, 0.25) is 0 Å². The maximum absolute atomic E-state index is 12.2. The summed E-state index contributed by atoms with van der Waals surface area (Å²) < 4.78 is 0. The molecule has 2 rings (SSSR count). The Bertz CT molecular complexity index is 378. The van der Waals surface area contributed by atoms with E-state index >= 15 is 0 Å². The van der Waals surface area contributed by atoms with Gasteiger partial charge in [-0.25, -0.2) is 0 Å². The van der Waals surface area contributed by atoms with Gasteiger partial charge in [0.2, 0.25) is 5.91 Å². The van der Waals surface area contributed by atoms with Crippen LogP contribution in [0.25, 0.3) is 0 Å². The van der Waals surface area contributed by atoms with Crippen molar-refractivity contribution >= 4 is 11.9 Å². The number of nitrogens with zero attached hydrogens (tertiary/aromatic N) is 1. The van der Waals surface area contributed by atoms with Crippen LogP contribution in [0.15, 0.2) is 0 Å². The molecular weight excluding hydrogens is 268 g/mol. The van der Waals surface area contributed by atoms with Gasteiger partial charge in [-0.1, -0.05) is 6.92 Å². The van der Waals surface area contributed by atoms with E-state index in [9.17, 15) is 14.7 Å². The Morgan fingerprint density at radius 2 is 1.81 bits per heavy atom. The number of carboxylic acids is 1. The predicted molar refractivity (Wildman–Crippen MR) is 80.9 cm³/mol. The third kappa shape index (κ3) is 4.43. The summed E-state index contributed by atoms with van der Waals surface area (Å²) in [5, 5.41) is 12.2. The van der Waals surface area contributed by atoms with Gasteiger partial charge in [0.15, 0.2) is 0 Å². The van der Waals surface area contributed by atoms with Crippen molar-refractivity contribution in [3.8, 4) is 0 Å². The van der Waals surface area contributed by atoms with Crippen molar-refractivity contribution in [2.24, 2.45) is 23.7 Å². The van der Waals surface area contributed by atoms with E-state index in [4.69, 9.17) is 0 Å². The number of carbonyl (C=O) groups is 2. The van der Waals surface area contributed by atoms with Gasteiger partial charge in [0, 0.05) is 6.54 Å². The summed E-state index contributed by atoms with van der Waals surface area (Å²) in [6.45, 7) is 4.99. The highest BCUT2D eigenvalue weighted by molar-refractivity contribution is 5.85. The molecule has 1 aliphatic carbocycles. The summed E-state index contributed by atoms with van der Waals surface area (Å²) in [4.78, 5) is 25.8. The van der Waals surface area contributed by atoms with Gasteiger partial charge in [-0.3, -0.25) is 9.59 Å². The first-order valence-electron chi connectivity index (χ1n) is 8.16. The second-order valence-corrected chi connectivity index (χ2v) is 6.95. The van der Waals surface area contributed by atoms with E-state index in [0.29, 0.717) is 31.2 Å². The van der Waals surface area contributed by atoms with Gasteiger partial charge in [0.05, 0.1) is 11.8 Å². The smallest absolute Gasteiger partial charge is 0.307 e. The molecule has 5 nitrogen and oxygen atoms in total. The number of carboxylic acid groups (broad SMARTS) is 1. The van der Waals surface area contributed by atoms with Gasteiger partial charge in [0.25, 0.3) is 0 Å². The third-order valence-corrected chi connectivity index (χ3v) is 5.14. The summed E-state index contributed by atoms with van der Waals surface area (Å²) >= 11 is 0. The lowest BCUT2D eigenvalue weighted by molar-refractivity contribution is -0.146. The van der Waals surface area contributed by atoms with Crippen molar-refractivity contribution in [3.63, 3.8) is 0 Å².